The molecule has 19 heavy (non-hydrogen) atoms. The predicted molar refractivity (Wildman–Crippen MR) is 70.7 cm³/mol. The van der Waals surface area contributed by atoms with Crippen LogP contribution in [0.25, 0.3) is 0 Å². The van der Waals surface area contributed by atoms with Crippen LogP contribution in [-0.2, 0) is 9.59 Å². The summed E-state index contributed by atoms with van der Waals surface area (Å²) in [6.45, 7) is 8.53. The molecular weight excluding hydrogens is 250 g/mol. The van der Waals surface area contributed by atoms with Gasteiger partial charge in [0.05, 0.1) is 0 Å². The number of rotatable bonds is 6. The third kappa shape index (κ3) is 6.64. The summed E-state index contributed by atoms with van der Waals surface area (Å²) in [7, 11) is 0. The number of carboxylic acid groups (broad SMARTS) is 1. The van der Waals surface area contributed by atoms with Crippen LogP contribution in [-0.4, -0.2) is 41.1 Å². The van der Waals surface area contributed by atoms with Crippen LogP contribution in [0.15, 0.2) is 0 Å². The first-order chi connectivity index (χ1) is 8.65. The number of urea groups is 1. The summed E-state index contributed by atoms with van der Waals surface area (Å²) in [4.78, 5) is 34.1. The van der Waals surface area contributed by atoms with E-state index in [4.69, 9.17) is 5.11 Å². The quantitative estimate of drug-likeness (QED) is 0.558. The molecule has 0 aliphatic heterocycles. The van der Waals surface area contributed by atoms with Gasteiger partial charge < -0.3 is 21.1 Å². The van der Waals surface area contributed by atoms with Crippen LogP contribution in [0.4, 0.5) is 4.79 Å². The summed E-state index contributed by atoms with van der Waals surface area (Å²) in [5.74, 6) is -1.67. The molecule has 0 aliphatic carbocycles. The van der Waals surface area contributed by atoms with E-state index < -0.39 is 24.1 Å². The van der Waals surface area contributed by atoms with Gasteiger partial charge in [-0.3, -0.25) is 4.79 Å². The van der Waals surface area contributed by atoms with Crippen LogP contribution in [0.5, 0.6) is 0 Å². The maximum Gasteiger partial charge on any atom is 0.326 e. The molecular formula is C12H23N3O4. The van der Waals surface area contributed by atoms with Gasteiger partial charge in [0.15, 0.2) is 0 Å². The number of nitrogens with one attached hydrogen (secondary N) is 3. The maximum absolute atomic E-state index is 11.6. The van der Waals surface area contributed by atoms with Gasteiger partial charge in [-0.25, -0.2) is 9.59 Å². The van der Waals surface area contributed by atoms with Crippen LogP contribution in [0.2, 0.25) is 0 Å². The van der Waals surface area contributed by atoms with E-state index in [9.17, 15) is 14.4 Å². The lowest BCUT2D eigenvalue weighted by molar-refractivity contribution is -0.140. The van der Waals surface area contributed by atoms with Crippen LogP contribution >= 0.6 is 0 Å². The van der Waals surface area contributed by atoms with Gasteiger partial charge in [-0.1, -0.05) is 13.8 Å². The summed E-state index contributed by atoms with van der Waals surface area (Å²) < 4.78 is 0. The molecule has 7 nitrogen and oxygen atoms in total. The Labute approximate surface area is 113 Å². The third-order valence-corrected chi connectivity index (χ3v) is 2.39. The third-order valence-electron chi connectivity index (χ3n) is 2.39. The van der Waals surface area contributed by atoms with Gasteiger partial charge in [0.25, 0.3) is 0 Å². The molecule has 7 heteroatoms. The van der Waals surface area contributed by atoms with Crippen LogP contribution in [0.3, 0.4) is 0 Å². The molecule has 4 N–H and O–H groups in total. The summed E-state index contributed by atoms with van der Waals surface area (Å²) in [5.41, 5.74) is 0. The van der Waals surface area contributed by atoms with Gasteiger partial charge in [-0.15, -0.1) is 0 Å². The number of carbonyl (C=O) groups excluding carboxylic acids is 2. The van der Waals surface area contributed by atoms with Crippen molar-refractivity contribution in [3.63, 3.8) is 0 Å². The van der Waals surface area contributed by atoms with Crippen molar-refractivity contribution in [1.82, 2.24) is 16.0 Å². The van der Waals surface area contributed by atoms with E-state index in [0.29, 0.717) is 0 Å². The first kappa shape index (κ1) is 17.2. The summed E-state index contributed by atoms with van der Waals surface area (Å²) in [6.07, 6.45) is 0. The summed E-state index contributed by atoms with van der Waals surface area (Å²) >= 11 is 0. The van der Waals surface area contributed by atoms with E-state index in [0.717, 1.165) is 0 Å². The Morgan fingerprint density at radius 2 is 1.42 bits per heavy atom. The molecule has 0 saturated carbocycles. The average Bonchev–Trinajstić information content (AvgIpc) is 2.23. The Balaban J connectivity index is 4.37. The lowest BCUT2D eigenvalue weighted by atomic mass is 10.1. The number of aliphatic carboxylic acids is 1. The molecule has 2 atom stereocenters. The molecule has 0 aromatic carbocycles. The van der Waals surface area contributed by atoms with E-state index in [1.54, 1.807) is 13.8 Å². The van der Waals surface area contributed by atoms with Crippen LogP contribution in [0, 0.1) is 5.92 Å². The zero-order valence-corrected chi connectivity index (χ0v) is 12.0. The Kier molecular flexibility index (Phi) is 6.89. The fourth-order valence-electron chi connectivity index (χ4n) is 1.37. The van der Waals surface area contributed by atoms with Crippen molar-refractivity contribution in [3.05, 3.63) is 0 Å². The van der Waals surface area contributed by atoms with Crippen molar-refractivity contribution in [2.24, 2.45) is 5.92 Å². The van der Waals surface area contributed by atoms with Crippen molar-refractivity contribution < 1.29 is 19.5 Å². The summed E-state index contributed by atoms with van der Waals surface area (Å²) in [5, 5.41) is 16.3. The number of carbonyl (C=O) groups is 3. The fraction of sp³-hybridized carbons (Fsp3) is 0.750. The summed E-state index contributed by atoms with van der Waals surface area (Å²) in [6, 6.07) is -2.42. The molecule has 0 heterocycles. The largest absolute Gasteiger partial charge is 0.480 e. The molecule has 0 saturated heterocycles. The van der Waals surface area contributed by atoms with Crippen molar-refractivity contribution in [1.29, 1.82) is 0 Å². The Hall–Kier alpha value is -1.79. The van der Waals surface area contributed by atoms with Crippen LogP contribution < -0.4 is 16.0 Å². The molecule has 0 rings (SSSR count). The second-order valence-electron chi connectivity index (χ2n) is 5.06. The van der Waals surface area contributed by atoms with Crippen molar-refractivity contribution in [3.8, 4) is 0 Å². The van der Waals surface area contributed by atoms with Gasteiger partial charge in [-0.05, 0) is 26.7 Å². The first-order valence-electron chi connectivity index (χ1n) is 6.25. The second kappa shape index (κ2) is 7.60. The highest BCUT2D eigenvalue weighted by Gasteiger charge is 2.24. The van der Waals surface area contributed by atoms with E-state index in [1.165, 1.54) is 6.92 Å². The SMILES string of the molecule is CC(C)NC(=O)C(C)NC(=O)N[C@@H](C(=O)O)C(C)C. The first-order valence-corrected chi connectivity index (χ1v) is 6.25. The van der Waals surface area contributed by atoms with Gasteiger partial charge in [0.2, 0.25) is 5.91 Å². The minimum atomic E-state index is -1.11. The Morgan fingerprint density at radius 1 is 0.895 bits per heavy atom. The molecule has 0 spiro atoms. The van der Waals surface area contributed by atoms with Gasteiger partial charge in [-0.2, -0.15) is 0 Å². The molecule has 1 unspecified atom stereocenters. The van der Waals surface area contributed by atoms with Crippen molar-refractivity contribution in [2.75, 3.05) is 0 Å². The molecule has 0 bridgehead atoms. The molecule has 3 amide bonds. The highest BCUT2D eigenvalue weighted by Crippen LogP contribution is 2.01. The van der Waals surface area contributed by atoms with Gasteiger partial charge in [0, 0.05) is 6.04 Å². The van der Waals surface area contributed by atoms with E-state index in [-0.39, 0.29) is 17.9 Å². The van der Waals surface area contributed by atoms with Gasteiger partial charge in [0.1, 0.15) is 12.1 Å². The minimum Gasteiger partial charge on any atom is -0.480 e. The molecule has 110 valence electrons. The smallest absolute Gasteiger partial charge is 0.326 e. The normalized spacial score (nSPS) is 13.8. The minimum absolute atomic E-state index is 0.0257. The molecule has 0 radical (unpaired) electrons. The number of amides is 3. The molecule has 0 aliphatic rings. The number of carboxylic acids is 1. The zero-order chi connectivity index (χ0) is 15.2. The van der Waals surface area contributed by atoms with E-state index in [2.05, 4.69) is 16.0 Å². The lowest BCUT2D eigenvalue weighted by Gasteiger charge is -2.20. The Morgan fingerprint density at radius 3 is 1.79 bits per heavy atom. The molecule has 0 aromatic rings. The lowest BCUT2D eigenvalue weighted by Crippen LogP contribution is -2.54. The Bertz CT molecular complexity index is 342. The van der Waals surface area contributed by atoms with Crippen LogP contribution in [0.1, 0.15) is 34.6 Å². The average molecular weight is 273 g/mol. The zero-order valence-electron chi connectivity index (χ0n) is 12.0. The molecule has 0 aromatic heterocycles. The second-order valence-corrected chi connectivity index (χ2v) is 5.06. The predicted octanol–water partition coefficient (Wildman–Crippen LogP) is 0.308. The van der Waals surface area contributed by atoms with E-state index >= 15 is 0 Å². The topological polar surface area (TPSA) is 108 Å². The number of hydrogen-bond donors (Lipinski definition) is 4. The van der Waals surface area contributed by atoms with Crippen molar-refractivity contribution in [2.45, 2.75) is 52.7 Å². The highest BCUT2D eigenvalue weighted by molar-refractivity contribution is 5.88. The van der Waals surface area contributed by atoms with Crippen molar-refractivity contribution >= 4 is 17.9 Å². The monoisotopic (exact) mass is 273 g/mol. The van der Waals surface area contributed by atoms with E-state index in [1.807, 2.05) is 13.8 Å². The fourth-order valence-corrected chi connectivity index (χ4v) is 1.37. The highest BCUT2D eigenvalue weighted by atomic mass is 16.4. The maximum atomic E-state index is 11.6. The molecule has 0 fully saturated rings. The van der Waals surface area contributed by atoms with Gasteiger partial charge >= 0.3 is 12.0 Å². The number of hydrogen-bond acceptors (Lipinski definition) is 3. The standard InChI is InChI=1S/C12H23N3O4/c1-6(2)9(11(17)18)15-12(19)14-8(5)10(16)13-7(3)4/h6-9H,1-5H3,(H,13,16)(H,17,18)(H2,14,15,19)/t8?,9-/m1/s1.